The highest BCUT2D eigenvalue weighted by molar-refractivity contribution is 6.00. The van der Waals surface area contributed by atoms with E-state index in [1.807, 2.05) is 65.8 Å². The summed E-state index contributed by atoms with van der Waals surface area (Å²) < 4.78 is 18.2. The fourth-order valence-corrected chi connectivity index (χ4v) is 4.43. The van der Waals surface area contributed by atoms with Crippen molar-refractivity contribution in [1.29, 1.82) is 0 Å². The Hall–Kier alpha value is -3.22. The third-order valence-electron chi connectivity index (χ3n) is 7.25. The number of hydrogen-bond donors (Lipinski definition) is 1. The molecule has 0 amide bonds. The minimum absolute atomic E-state index is 0.0860. The van der Waals surface area contributed by atoms with Crippen LogP contribution in [-0.2, 0) is 14.9 Å². The largest absolute Gasteiger partial charge is 0.488 e. The summed E-state index contributed by atoms with van der Waals surface area (Å²) in [5, 5.41) is 9.23. The summed E-state index contributed by atoms with van der Waals surface area (Å²) in [6.07, 6.45) is 2.99. The zero-order chi connectivity index (χ0) is 33.8. The van der Waals surface area contributed by atoms with Crippen LogP contribution < -0.4 is 9.47 Å². The van der Waals surface area contributed by atoms with Gasteiger partial charge in [0.05, 0.1) is 6.61 Å². The summed E-state index contributed by atoms with van der Waals surface area (Å²) in [5.41, 5.74) is 1.89. The van der Waals surface area contributed by atoms with Crippen LogP contribution in [0.15, 0.2) is 77.8 Å². The van der Waals surface area contributed by atoms with E-state index in [2.05, 4.69) is 56.3 Å². The quantitative estimate of drug-likeness (QED) is 0.153. The highest BCUT2D eigenvalue weighted by Gasteiger charge is 2.30. The van der Waals surface area contributed by atoms with E-state index in [1.165, 1.54) is 11.1 Å². The molecule has 2 aromatic rings. The van der Waals surface area contributed by atoms with Crippen LogP contribution >= 0.6 is 0 Å². The summed E-state index contributed by atoms with van der Waals surface area (Å²) in [6, 6.07) is 16.4. The Bertz CT molecular complexity index is 1230. The summed E-state index contributed by atoms with van der Waals surface area (Å²) in [7, 11) is 0. The molecule has 44 heavy (non-hydrogen) atoms. The van der Waals surface area contributed by atoms with Gasteiger partial charge in [0, 0.05) is 37.6 Å². The number of carbonyl (C=O) groups is 1. The fourth-order valence-electron chi connectivity index (χ4n) is 4.43. The number of allylic oxidation sites excluding steroid dienone is 1. The average Bonchev–Trinajstić information content (AvgIpc) is 2.91. The van der Waals surface area contributed by atoms with Gasteiger partial charge in [-0.25, -0.2) is 0 Å². The molecule has 0 heterocycles. The molecule has 0 bridgehead atoms. The number of aliphatic imine (C=N–C) groups is 1. The molecule has 0 unspecified atom stereocenters. The predicted octanol–water partition coefficient (Wildman–Crippen LogP) is 8.69. The number of rotatable bonds is 16. The number of hydrogen-bond acceptors (Lipinski definition) is 6. The van der Waals surface area contributed by atoms with Crippen LogP contribution in [0.2, 0.25) is 0 Å². The highest BCUT2D eigenvalue weighted by atomic mass is 16.5. The molecular weight excluding hydrogens is 550 g/mol. The molecule has 0 fully saturated rings. The van der Waals surface area contributed by atoms with Gasteiger partial charge in [-0.2, -0.15) is 0 Å². The maximum absolute atomic E-state index is 12.3. The van der Waals surface area contributed by atoms with Gasteiger partial charge in [-0.15, -0.1) is 0 Å². The normalized spacial score (nSPS) is 12.4. The van der Waals surface area contributed by atoms with Crippen LogP contribution in [0.1, 0.15) is 100 Å². The molecule has 2 rings (SSSR count). The van der Waals surface area contributed by atoms with Gasteiger partial charge in [0.15, 0.2) is 5.78 Å². The molecular formula is C38H57NO5. The molecule has 0 saturated heterocycles. The SMILES string of the molecule is C=C(C)C(=O)C(C)(C)OCCC(C)(C)Oc1ccc(C(C)(C)c2ccc(OC(C)(C)CCO)cc2)cc1.C=C(C)C=NCC. The van der Waals surface area contributed by atoms with Crippen LogP contribution in [0, 0.1) is 0 Å². The molecule has 0 radical (unpaired) electrons. The third-order valence-corrected chi connectivity index (χ3v) is 7.25. The second kappa shape index (κ2) is 16.7. The first-order valence-electron chi connectivity index (χ1n) is 15.5. The van der Waals surface area contributed by atoms with Crippen LogP contribution in [0.25, 0.3) is 0 Å². The van der Waals surface area contributed by atoms with Crippen LogP contribution in [0.4, 0.5) is 0 Å². The van der Waals surface area contributed by atoms with Crippen molar-refractivity contribution >= 4 is 12.0 Å². The highest BCUT2D eigenvalue weighted by Crippen LogP contribution is 2.34. The van der Waals surface area contributed by atoms with Crippen molar-refractivity contribution in [3.8, 4) is 11.5 Å². The van der Waals surface area contributed by atoms with Crippen molar-refractivity contribution in [1.82, 2.24) is 0 Å². The molecule has 0 aliphatic rings. The van der Waals surface area contributed by atoms with Crippen molar-refractivity contribution in [2.45, 2.75) is 111 Å². The maximum atomic E-state index is 12.3. The number of carbonyl (C=O) groups excluding carboxylic acids is 1. The van der Waals surface area contributed by atoms with Crippen LogP contribution in [-0.4, -0.2) is 53.7 Å². The summed E-state index contributed by atoms with van der Waals surface area (Å²) in [6.45, 7) is 30.3. The molecule has 244 valence electrons. The van der Waals surface area contributed by atoms with Gasteiger partial charge in [-0.1, -0.05) is 51.3 Å². The van der Waals surface area contributed by atoms with E-state index < -0.39 is 16.8 Å². The first kappa shape index (κ1) is 38.8. The van der Waals surface area contributed by atoms with Gasteiger partial charge in [0.25, 0.3) is 0 Å². The lowest BCUT2D eigenvalue weighted by atomic mass is 9.78. The molecule has 0 aromatic heterocycles. The molecule has 0 aliphatic carbocycles. The smallest absolute Gasteiger partial charge is 0.189 e. The van der Waals surface area contributed by atoms with E-state index >= 15 is 0 Å². The number of nitrogens with zero attached hydrogens (tertiary/aromatic N) is 1. The second-order valence-corrected chi connectivity index (χ2v) is 13.6. The third kappa shape index (κ3) is 13.2. The number of ether oxygens (including phenoxy) is 3. The lowest BCUT2D eigenvalue weighted by Gasteiger charge is -2.30. The zero-order valence-electron chi connectivity index (χ0n) is 29.2. The number of benzene rings is 2. The van der Waals surface area contributed by atoms with Crippen molar-refractivity contribution < 1.29 is 24.1 Å². The Kier molecular flexibility index (Phi) is 14.8. The van der Waals surface area contributed by atoms with E-state index in [0.29, 0.717) is 25.0 Å². The first-order valence-corrected chi connectivity index (χ1v) is 15.5. The van der Waals surface area contributed by atoms with Gasteiger partial charge in [0.2, 0.25) is 0 Å². The monoisotopic (exact) mass is 607 g/mol. The first-order chi connectivity index (χ1) is 20.3. The molecule has 6 nitrogen and oxygen atoms in total. The molecule has 6 heteroatoms. The Morgan fingerprint density at radius 2 is 1.23 bits per heavy atom. The maximum Gasteiger partial charge on any atom is 0.189 e. The molecule has 0 atom stereocenters. The average molecular weight is 608 g/mol. The van der Waals surface area contributed by atoms with Crippen LogP contribution in [0.5, 0.6) is 11.5 Å². The Morgan fingerprint density at radius 3 is 1.57 bits per heavy atom. The Labute approximate surface area is 267 Å². The summed E-state index contributed by atoms with van der Waals surface area (Å²) >= 11 is 0. The number of aliphatic hydroxyl groups excluding tert-OH is 1. The van der Waals surface area contributed by atoms with Gasteiger partial charge in [-0.3, -0.25) is 9.79 Å². The van der Waals surface area contributed by atoms with E-state index in [1.54, 1.807) is 27.0 Å². The predicted molar refractivity (Wildman–Crippen MR) is 184 cm³/mol. The molecule has 0 aliphatic heterocycles. The molecule has 0 spiro atoms. The molecule has 2 aromatic carbocycles. The van der Waals surface area contributed by atoms with E-state index in [4.69, 9.17) is 14.2 Å². The second-order valence-electron chi connectivity index (χ2n) is 13.6. The summed E-state index contributed by atoms with van der Waals surface area (Å²) in [4.78, 5) is 16.2. The van der Waals surface area contributed by atoms with Gasteiger partial charge in [-0.05, 0) is 109 Å². The van der Waals surface area contributed by atoms with Crippen LogP contribution in [0.3, 0.4) is 0 Å². The minimum Gasteiger partial charge on any atom is -0.488 e. The Morgan fingerprint density at radius 1 is 0.795 bits per heavy atom. The van der Waals surface area contributed by atoms with Gasteiger partial charge in [0.1, 0.15) is 28.3 Å². The fraction of sp³-hybridized carbons (Fsp3) is 0.526. The number of ketones is 1. The molecule has 0 saturated carbocycles. The number of aliphatic hydroxyl groups is 1. The molecule has 1 N–H and O–H groups in total. The standard InChI is InChI=1S/C32H46O5.C6H11N/c1-23(2)28(34)32(9,10)35-22-20-30(5,6)37-27-17-13-25(14-18-27)31(7,8)24-11-15-26(16-12-24)36-29(3,4)19-21-33;1-4-7-5-6(2)3/h11-18,33H,1,19-22H2,2-10H3;5H,2,4H2,1,3H3. The summed E-state index contributed by atoms with van der Waals surface area (Å²) in [5.74, 6) is 1.49. The lowest BCUT2D eigenvalue weighted by molar-refractivity contribution is -0.137. The van der Waals surface area contributed by atoms with E-state index in [-0.39, 0.29) is 17.8 Å². The van der Waals surface area contributed by atoms with E-state index in [0.717, 1.165) is 23.6 Å². The van der Waals surface area contributed by atoms with E-state index in [9.17, 15) is 9.90 Å². The van der Waals surface area contributed by atoms with Crippen molar-refractivity contribution in [3.05, 3.63) is 84.0 Å². The van der Waals surface area contributed by atoms with Gasteiger partial charge >= 0.3 is 0 Å². The lowest BCUT2D eigenvalue weighted by Crippen LogP contribution is -2.38. The zero-order valence-corrected chi connectivity index (χ0v) is 29.2. The van der Waals surface area contributed by atoms with Crippen molar-refractivity contribution in [2.24, 2.45) is 4.99 Å². The topological polar surface area (TPSA) is 77.4 Å². The Balaban J connectivity index is 0.00000123. The minimum atomic E-state index is -0.894. The van der Waals surface area contributed by atoms with Gasteiger partial charge < -0.3 is 19.3 Å². The van der Waals surface area contributed by atoms with Crippen molar-refractivity contribution in [2.75, 3.05) is 19.8 Å². The van der Waals surface area contributed by atoms with Crippen molar-refractivity contribution in [3.63, 3.8) is 0 Å². The number of Topliss-reactive ketones (excluding diaryl/α,β-unsaturated/α-hetero) is 1.